The second-order valence-electron chi connectivity index (χ2n) is 3.53. The largest absolute Gasteiger partial charge is 0.508 e. The molecule has 0 heterocycles. The maximum atomic E-state index is 9.62. The number of aryl methyl sites for hydroxylation is 1. The molecule has 0 bridgehead atoms. The number of hydrogen-bond acceptors (Lipinski definition) is 3. The monoisotopic (exact) mass is 195 g/mol. The highest BCUT2D eigenvalue weighted by Gasteiger charge is 2.09. The number of aliphatic hydroxyl groups excluding tert-OH is 1. The fraction of sp³-hybridized carbons (Fsp3) is 0.455. The summed E-state index contributed by atoms with van der Waals surface area (Å²) in [6, 6.07) is 5.28. The summed E-state index contributed by atoms with van der Waals surface area (Å²) in [5, 5.41) is 18.3. The van der Waals surface area contributed by atoms with Crippen LogP contribution in [0.3, 0.4) is 0 Å². The molecule has 0 aromatic heterocycles. The summed E-state index contributed by atoms with van der Waals surface area (Å²) >= 11 is 0. The summed E-state index contributed by atoms with van der Waals surface area (Å²) in [7, 11) is 0. The van der Waals surface area contributed by atoms with Crippen molar-refractivity contribution in [1.82, 2.24) is 0 Å². The van der Waals surface area contributed by atoms with Gasteiger partial charge in [-0.25, -0.2) is 0 Å². The Morgan fingerprint density at radius 3 is 2.71 bits per heavy atom. The average Bonchev–Trinajstić information content (AvgIpc) is 2.14. The first-order chi connectivity index (χ1) is 6.65. The van der Waals surface area contributed by atoms with Gasteiger partial charge < -0.3 is 15.9 Å². The number of aliphatic hydroxyl groups is 1. The number of aromatic hydroxyl groups is 1. The first-order valence-electron chi connectivity index (χ1n) is 4.81. The highest BCUT2D eigenvalue weighted by atomic mass is 16.3. The fourth-order valence-corrected chi connectivity index (χ4v) is 1.43. The Bertz CT molecular complexity index is 299. The minimum atomic E-state index is -0.192. The molecule has 1 atom stereocenters. The van der Waals surface area contributed by atoms with Crippen LogP contribution in [0.5, 0.6) is 5.75 Å². The molecule has 4 N–H and O–H groups in total. The lowest BCUT2D eigenvalue weighted by atomic mass is 10.0. The predicted molar refractivity (Wildman–Crippen MR) is 56.1 cm³/mol. The van der Waals surface area contributed by atoms with Crippen LogP contribution in [0, 0.1) is 6.92 Å². The Kier molecular flexibility index (Phi) is 3.92. The molecule has 0 aliphatic rings. The first kappa shape index (κ1) is 11.0. The van der Waals surface area contributed by atoms with Gasteiger partial charge in [0.25, 0.3) is 0 Å². The van der Waals surface area contributed by atoms with Crippen LogP contribution >= 0.6 is 0 Å². The third-order valence-corrected chi connectivity index (χ3v) is 2.26. The van der Waals surface area contributed by atoms with Crippen LogP contribution in [0.4, 0.5) is 0 Å². The molecule has 78 valence electrons. The summed E-state index contributed by atoms with van der Waals surface area (Å²) in [5.41, 5.74) is 7.63. The number of phenols is 1. The maximum Gasteiger partial charge on any atom is 0.120 e. The SMILES string of the molecule is Cc1ccc([C@H](N)CCCO)c(O)c1. The van der Waals surface area contributed by atoms with Gasteiger partial charge in [-0.1, -0.05) is 12.1 Å². The normalized spacial score (nSPS) is 12.8. The Hall–Kier alpha value is -1.06. The predicted octanol–water partition coefficient (Wildman–Crippen LogP) is 1.47. The molecule has 1 aromatic carbocycles. The Balaban J connectivity index is 2.74. The first-order valence-corrected chi connectivity index (χ1v) is 4.81. The summed E-state index contributed by atoms with van der Waals surface area (Å²) in [6.07, 6.45) is 1.35. The van der Waals surface area contributed by atoms with Crippen LogP contribution in [0.2, 0.25) is 0 Å². The standard InChI is InChI=1S/C11H17NO2/c1-8-4-5-9(11(14)7-8)10(12)3-2-6-13/h4-5,7,10,13-14H,2-3,6,12H2,1H3/t10-/m1/s1. The topological polar surface area (TPSA) is 66.5 Å². The average molecular weight is 195 g/mol. The van der Waals surface area contributed by atoms with E-state index in [2.05, 4.69) is 0 Å². The highest BCUT2D eigenvalue weighted by molar-refractivity contribution is 5.37. The van der Waals surface area contributed by atoms with Crippen molar-refractivity contribution in [1.29, 1.82) is 0 Å². The third-order valence-electron chi connectivity index (χ3n) is 2.26. The van der Waals surface area contributed by atoms with Gasteiger partial charge in [0.1, 0.15) is 5.75 Å². The number of rotatable bonds is 4. The van der Waals surface area contributed by atoms with Gasteiger partial charge in [-0.2, -0.15) is 0 Å². The lowest BCUT2D eigenvalue weighted by molar-refractivity contribution is 0.279. The van der Waals surface area contributed by atoms with Crippen LogP contribution in [0.1, 0.15) is 30.0 Å². The van der Waals surface area contributed by atoms with Gasteiger partial charge in [0, 0.05) is 18.2 Å². The van der Waals surface area contributed by atoms with E-state index in [0.717, 1.165) is 11.1 Å². The molecule has 1 aromatic rings. The van der Waals surface area contributed by atoms with Crippen molar-refractivity contribution in [3.8, 4) is 5.75 Å². The van der Waals surface area contributed by atoms with Gasteiger partial charge in [0.2, 0.25) is 0 Å². The molecule has 0 amide bonds. The second kappa shape index (κ2) is 4.98. The molecule has 1 rings (SSSR count). The zero-order valence-corrected chi connectivity index (χ0v) is 8.40. The Morgan fingerprint density at radius 2 is 2.14 bits per heavy atom. The van der Waals surface area contributed by atoms with E-state index < -0.39 is 0 Å². The quantitative estimate of drug-likeness (QED) is 0.681. The molecule has 0 unspecified atom stereocenters. The molecular formula is C11H17NO2. The fourth-order valence-electron chi connectivity index (χ4n) is 1.43. The van der Waals surface area contributed by atoms with E-state index >= 15 is 0 Å². The molecule has 0 aliphatic heterocycles. The van der Waals surface area contributed by atoms with Crippen LogP contribution < -0.4 is 5.73 Å². The number of nitrogens with two attached hydrogens (primary N) is 1. The van der Waals surface area contributed by atoms with E-state index in [1.54, 1.807) is 6.07 Å². The lowest BCUT2D eigenvalue weighted by Gasteiger charge is -2.13. The summed E-state index contributed by atoms with van der Waals surface area (Å²) in [4.78, 5) is 0. The molecular weight excluding hydrogens is 178 g/mol. The zero-order chi connectivity index (χ0) is 10.6. The van der Waals surface area contributed by atoms with Crippen LogP contribution in [0.25, 0.3) is 0 Å². The van der Waals surface area contributed by atoms with Crippen molar-refractivity contribution in [3.05, 3.63) is 29.3 Å². The van der Waals surface area contributed by atoms with Gasteiger partial charge >= 0.3 is 0 Å². The highest BCUT2D eigenvalue weighted by Crippen LogP contribution is 2.26. The van der Waals surface area contributed by atoms with Crippen molar-refractivity contribution in [2.75, 3.05) is 6.61 Å². The molecule has 14 heavy (non-hydrogen) atoms. The van der Waals surface area contributed by atoms with Crippen LogP contribution in [0.15, 0.2) is 18.2 Å². The molecule has 0 aliphatic carbocycles. The van der Waals surface area contributed by atoms with Crippen LogP contribution in [-0.2, 0) is 0 Å². The van der Waals surface area contributed by atoms with Gasteiger partial charge in [0.05, 0.1) is 0 Å². The summed E-state index contributed by atoms with van der Waals surface area (Å²) in [6.45, 7) is 2.06. The minimum absolute atomic E-state index is 0.139. The van der Waals surface area contributed by atoms with E-state index in [9.17, 15) is 5.11 Å². The summed E-state index contributed by atoms with van der Waals surface area (Å²) < 4.78 is 0. The lowest BCUT2D eigenvalue weighted by Crippen LogP contribution is -2.11. The molecule has 0 saturated carbocycles. The minimum Gasteiger partial charge on any atom is -0.508 e. The van der Waals surface area contributed by atoms with E-state index in [0.29, 0.717) is 12.8 Å². The van der Waals surface area contributed by atoms with Crippen molar-refractivity contribution < 1.29 is 10.2 Å². The van der Waals surface area contributed by atoms with Crippen molar-refractivity contribution in [2.45, 2.75) is 25.8 Å². The number of phenolic OH excluding ortho intramolecular Hbond substituents is 1. The zero-order valence-electron chi connectivity index (χ0n) is 8.40. The Labute approximate surface area is 84.2 Å². The van der Waals surface area contributed by atoms with Gasteiger partial charge in [-0.3, -0.25) is 0 Å². The number of benzene rings is 1. The molecule has 0 saturated heterocycles. The molecule has 0 spiro atoms. The smallest absolute Gasteiger partial charge is 0.120 e. The summed E-state index contributed by atoms with van der Waals surface area (Å²) in [5.74, 6) is 0.246. The van der Waals surface area contributed by atoms with Gasteiger partial charge in [-0.05, 0) is 31.4 Å². The van der Waals surface area contributed by atoms with E-state index in [-0.39, 0.29) is 18.4 Å². The maximum absolute atomic E-state index is 9.62. The number of hydrogen-bond donors (Lipinski definition) is 3. The molecule has 0 fully saturated rings. The Morgan fingerprint density at radius 1 is 1.43 bits per heavy atom. The van der Waals surface area contributed by atoms with Gasteiger partial charge in [0.15, 0.2) is 0 Å². The second-order valence-corrected chi connectivity index (χ2v) is 3.53. The third kappa shape index (κ3) is 2.72. The van der Waals surface area contributed by atoms with E-state index in [1.807, 2.05) is 19.1 Å². The van der Waals surface area contributed by atoms with Crippen molar-refractivity contribution >= 4 is 0 Å². The van der Waals surface area contributed by atoms with E-state index in [4.69, 9.17) is 10.8 Å². The van der Waals surface area contributed by atoms with Crippen molar-refractivity contribution in [2.24, 2.45) is 5.73 Å². The van der Waals surface area contributed by atoms with Crippen LogP contribution in [-0.4, -0.2) is 16.8 Å². The van der Waals surface area contributed by atoms with Crippen molar-refractivity contribution in [3.63, 3.8) is 0 Å². The van der Waals surface area contributed by atoms with E-state index in [1.165, 1.54) is 0 Å². The van der Waals surface area contributed by atoms with Gasteiger partial charge in [-0.15, -0.1) is 0 Å². The molecule has 3 nitrogen and oxygen atoms in total. The molecule has 0 radical (unpaired) electrons. The molecule has 3 heteroatoms.